The van der Waals surface area contributed by atoms with Crippen molar-refractivity contribution in [2.45, 2.75) is 56.3 Å². The first-order chi connectivity index (χ1) is 12.8. The zero-order valence-corrected chi connectivity index (χ0v) is 14.5. The molecule has 3 heterocycles. The molecule has 3 fully saturated rings. The Kier molecular flexibility index (Phi) is 3.76. The lowest BCUT2D eigenvalue weighted by molar-refractivity contribution is -0.177. The minimum absolute atomic E-state index is 0.0233. The van der Waals surface area contributed by atoms with Crippen LogP contribution in [0, 0.1) is 0 Å². The van der Waals surface area contributed by atoms with Gasteiger partial charge < -0.3 is 14.4 Å². The Morgan fingerprint density at radius 2 is 2.04 bits per heavy atom. The van der Waals surface area contributed by atoms with Crippen LogP contribution in [0.1, 0.15) is 43.0 Å². The molecule has 6 heteroatoms. The van der Waals surface area contributed by atoms with Crippen molar-refractivity contribution in [3.05, 3.63) is 60.2 Å². The van der Waals surface area contributed by atoms with Gasteiger partial charge in [-0.1, -0.05) is 30.3 Å². The van der Waals surface area contributed by atoms with Crippen LogP contribution in [0.3, 0.4) is 0 Å². The van der Waals surface area contributed by atoms with E-state index in [-0.39, 0.29) is 24.3 Å². The second-order valence-electron chi connectivity index (χ2n) is 7.33. The normalized spacial score (nSPS) is 32.7. The molecule has 26 heavy (non-hydrogen) atoms. The van der Waals surface area contributed by atoms with E-state index in [0.717, 1.165) is 24.1 Å². The van der Waals surface area contributed by atoms with E-state index >= 15 is 0 Å². The highest BCUT2D eigenvalue weighted by molar-refractivity contribution is 5.89. The second kappa shape index (κ2) is 6.14. The van der Waals surface area contributed by atoms with Gasteiger partial charge in [0.1, 0.15) is 6.23 Å². The number of rotatable bonds is 4. The van der Waals surface area contributed by atoms with E-state index in [1.807, 2.05) is 35.2 Å². The van der Waals surface area contributed by atoms with Gasteiger partial charge in [-0.05, 0) is 18.4 Å². The minimum atomic E-state index is -0.688. The largest absolute Gasteiger partial charge is 0.373 e. The molecule has 0 N–H and O–H groups in total. The minimum Gasteiger partial charge on any atom is -0.373 e. The summed E-state index contributed by atoms with van der Waals surface area (Å²) in [5.41, 5.74) is 1.31. The maximum atomic E-state index is 13.1. The van der Waals surface area contributed by atoms with E-state index in [0.29, 0.717) is 19.4 Å². The molecule has 0 bridgehead atoms. The Labute approximate surface area is 152 Å². The predicted molar refractivity (Wildman–Crippen MR) is 92.7 cm³/mol. The molecule has 134 valence electrons. The number of aromatic nitrogens is 2. The zero-order valence-electron chi connectivity index (χ0n) is 14.5. The molecule has 1 aliphatic carbocycles. The number of hydrogen-bond donors (Lipinski definition) is 0. The first-order valence-corrected chi connectivity index (χ1v) is 9.17. The van der Waals surface area contributed by atoms with Crippen molar-refractivity contribution in [2.24, 2.45) is 0 Å². The highest BCUT2D eigenvalue weighted by Gasteiger charge is 2.63. The molecule has 1 aromatic heterocycles. The van der Waals surface area contributed by atoms with Crippen LogP contribution in [-0.4, -0.2) is 38.7 Å². The molecule has 2 aliphatic heterocycles. The van der Waals surface area contributed by atoms with Crippen LogP contribution in [0.5, 0.6) is 0 Å². The van der Waals surface area contributed by atoms with Gasteiger partial charge in [0.05, 0.1) is 30.6 Å². The first-order valence-electron chi connectivity index (χ1n) is 9.17. The fraction of sp³-hybridized carbons (Fsp3) is 0.450. The summed E-state index contributed by atoms with van der Waals surface area (Å²) in [6, 6.07) is 10.1. The van der Waals surface area contributed by atoms with Crippen LogP contribution in [0.25, 0.3) is 0 Å². The molecule has 1 aromatic carbocycles. The van der Waals surface area contributed by atoms with Gasteiger partial charge >= 0.3 is 0 Å². The van der Waals surface area contributed by atoms with Gasteiger partial charge in [0.25, 0.3) is 5.91 Å². The van der Waals surface area contributed by atoms with Crippen molar-refractivity contribution < 1.29 is 14.3 Å². The molecule has 3 aliphatic rings. The Bertz CT molecular complexity index is 792. The topological polar surface area (TPSA) is 64.6 Å². The van der Waals surface area contributed by atoms with Crippen molar-refractivity contribution in [2.75, 3.05) is 0 Å². The lowest BCUT2D eigenvalue weighted by atomic mass is 9.76. The Hall–Kier alpha value is -2.31. The van der Waals surface area contributed by atoms with Gasteiger partial charge in [-0.15, -0.1) is 0 Å². The van der Waals surface area contributed by atoms with E-state index in [1.165, 1.54) is 0 Å². The molecule has 1 saturated carbocycles. The van der Waals surface area contributed by atoms with Gasteiger partial charge in [0.2, 0.25) is 0 Å². The molecule has 2 saturated heterocycles. The number of nitrogens with zero attached hydrogens (tertiary/aromatic N) is 3. The number of carbonyl (C=O) groups is 1. The smallest absolute Gasteiger partial charge is 0.257 e. The molecule has 0 unspecified atom stereocenters. The average Bonchev–Trinajstić information content (AvgIpc) is 3.19. The van der Waals surface area contributed by atoms with Gasteiger partial charge in [0.15, 0.2) is 5.60 Å². The number of hydrogen-bond acceptors (Lipinski definition) is 5. The quantitative estimate of drug-likeness (QED) is 0.847. The van der Waals surface area contributed by atoms with Crippen LogP contribution in [0.15, 0.2) is 48.9 Å². The highest BCUT2D eigenvalue weighted by atomic mass is 16.6. The second-order valence-corrected chi connectivity index (χ2v) is 7.33. The number of ether oxygens (including phenoxy) is 2. The van der Waals surface area contributed by atoms with Gasteiger partial charge in [-0.25, -0.2) is 0 Å². The molecule has 2 atom stereocenters. The van der Waals surface area contributed by atoms with E-state index in [1.54, 1.807) is 18.6 Å². The third-order valence-corrected chi connectivity index (χ3v) is 5.69. The van der Waals surface area contributed by atoms with E-state index in [4.69, 9.17) is 9.47 Å². The molecule has 2 aromatic rings. The molecular weight excluding hydrogens is 330 g/mol. The van der Waals surface area contributed by atoms with Crippen molar-refractivity contribution in [3.8, 4) is 0 Å². The summed E-state index contributed by atoms with van der Waals surface area (Å²) in [5.74, 6) is 0.0928. The number of fused-ring (bicyclic) bond motifs is 1. The van der Waals surface area contributed by atoms with Crippen molar-refractivity contribution in [1.29, 1.82) is 0 Å². The molecule has 0 radical (unpaired) electrons. The van der Waals surface area contributed by atoms with E-state index < -0.39 is 5.60 Å². The zero-order chi connectivity index (χ0) is 17.6. The summed E-state index contributed by atoms with van der Waals surface area (Å²) in [5, 5.41) is 0. The molecular formula is C20H21N3O3. The molecule has 6 nitrogen and oxygen atoms in total. The van der Waals surface area contributed by atoms with Crippen LogP contribution in [0.2, 0.25) is 0 Å². The molecule has 1 amide bonds. The summed E-state index contributed by atoms with van der Waals surface area (Å²) in [7, 11) is 0. The standard InChI is InChI=1S/C20H21N3O3/c24-19-20(10-15(11-20)25-13-14-4-2-1-3-5-14)26-18-7-6-17(23(18)19)16-12-21-8-9-22-16/h1-5,8-9,12,15,17-18H,6-7,10-11,13H2/t15?,17-,18+,20?/m0/s1. The molecule has 1 spiro atoms. The first kappa shape index (κ1) is 15.9. The summed E-state index contributed by atoms with van der Waals surface area (Å²) >= 11 is 0. The monoisotopic (exact) mass is 351 g/mol. The Morgan fingerprint density at radius 1 is 1.19 bits per heavy atom. The Balaban J connectivity index is 1.24. The Morgan fingerprint density at radius 3 is 2.81 bits per heavy atom. The van der Waals surface area contributed by atoms with E-state index in [2.05, 4.69) is 9.97 Å². The predicted octanol–water partition coefficient (Wildman–Crippen LogP) is 2.61. The molecule has 5 rings (SSSR count). The number of carbonyl (C=O) groups excluding carboxylic acids is 1. The summed E-state index contributed by atoms with van der Waals surface area (Å²) in [6.07, 6.45) is 8.02. The summed E-state index contributed by atoms with van der Waals surface area (Å²) < 4.78 is 12.2. The van der Waals surface area contributed by atoms with E-state index in [9.17, 15) is 4.79 Å². The number of benzene rings is 1. The third-order valence-electron chi connectivity index (χ3n) is 5.69. The van der Waals surface area contributed by atoms with Crippen LogP contribution >= 0.6 is 0 Å². The van der Waals surface area contributed by atoms with Gasteiger partial charge in [-0.2, -0.15) is 0 Å². The lowest BCUT2D eigenvalue weighted by Crippen LogP contribution is -2.54. The SMILES string of the molecule is O=C1N2[C@@H](CC[C@H]2c2cnccn2)OC12CC(OCc1ccccc1)C2. The van der Waals surface area contributed by atoms with Crippen molar-refractivity contribution in [3.63, 3.8) is 0 Å². The van der Waals surface area contributed by atoms with Crippen LogP contribution in [-0.2, 0) is 20.9 Å². The van der Waals surface area contributed by atoms with Gasteiger partial charge in [0, 0.05) is 25.2 Å². The van der Waals surface area contributed by atoms with Crippen molar-refractivity contribution in [1.82, 2.24) is 14.9 Å². The third kappa shape index (κ3) is 2.52. The van der Waals surface area contributed by atoms with Crippen LogP contribution < -0.4 is 0 Å². The fourth-order valence-electron chi connectivity index (χ4n) is 4.34. The number of amides is 1. The summed E-state index contributed by atoms with van der Waals surface area (Å²) in [4.78, 5) is 23.5. The maximum absolute atomic E-state index is 13.1. The maximum Gasteiger partial charge on any atom is 0.257 e. The fourth-order valence-corrected chi connectivity index (χ4v) is 4.34. The average molecular weight is 351 g/mol. The lowest BCUT2D eigenvalue weighted by Gasteiger charge is -2.42. The summed E-state index contributed by atoms with van der Waals surface area (Å²) in [6.45, 7) is 0.575. The highest BCUT2D eigenvalue weighted by Crippen LogP contribution is 2.51. The van der Waals surface area contributed by atoms with Gasteiger partial charge in [-0.3, -0.25) is 14.8 Å². The van der Waals surface area contributed by atoms with Crippen LogP contribution in [0.4, 0.5) is 0 Å². The van der Waals surface area contributed by atoms with Crippen molar-refractivity contribution >= 4 is 5.91 Å².